The van der Waals surface area contributed by atoms with E-state index in [2.05, 4.69) is 10.6 Å². The molecular weight excluding hydrogens is 198 g/mol. The first kappa shape index (κ1) is 11.9. The summed E-state index contributed by atoms with van der Waals surface area (Å²) < 4.78 is 0. The van der Waals surface area contributed by atoms with Crippen molar-refractivity contribution >= 4 is 11.9 Å². The lowest BCUT2D eigenvalue weighted by Crippen LogP contribution is -2.44. The summed E-state index contributed by atoms with van der Waals surface area (Å²) in [6.07, 6.45) is 0.344. The Morgan fingerprint density at radius 2 is 2.27 bits per heavy atom. The summed E-state index contributed by atoms with van der Waals surface area (Å²) in [4.78, 5) is 24.1. The number of hydrogen-bond donors (Lipinski definition) is 3. The predicted molar refractivity (Wildman–Crippen MR) is 54.3 cm³/mol. The molecule has 1 rings (SSSR count). The van der Waals surface area contributed by atoms with Gasteiger partial charge in [0, 0.05) is 19.6 Å². The summed E-state index contributed by atoms with van der Waals surface area (Å²) in [6.45, 7) is 3.63. The van der Waals surface area contributed by atoms with Crippen molar-refractivity contribution in [3.8, 4) is 0 Å². The van der Waals surface area contributed by atoms with E-state index in [1.54, 1.807) is 6.92 Å². The van der Waals surface area contributed by atoms with E-state index in [-0.39, 0.29) is 18.6 Å². The third kappa shape index (κ3) is 4.26. The molecule has 1 fully saturated rings. The van der Waals surface area contributed by atoms with Crippen molar-refractivity contribution in [2.75, 3.05) is 26.2 Å². The minimum Gasteiger partial charge on any atom is -0.392 e. The van der Waals surface area contributed by atoms with Gasteiger partial charge in [-0.2, -0.15) is 0 Å². The van der Waals surface area contributed by atoms with E-state index in [1.807, 2.05) is 4.90 Å². The van der Waals surface area contributed by atoms with E-state index >= 15 is 0 Å². The first-order chi connectivity index (χ1) is 7.11. The van der Waals surface area contributed by atoms with Crippen molar-refractivity contribution in [3.05, 3.63) is 0 Å². The Morgan fingerprint density at radius 3 is 2.80 bits per heavy atom. The molecule has 1 atom stereocenters. The van der Waals surface area contributed by atoms with Crippen molar-refractivity contribution < 1.29 is 14.7 Å². The molecule has 3 N–H and O–H groups in total. The highest BCUT2D eigenvalue weighted by molar-refractivity contribution is 5.95. The number of imide groups is 1. The first-order valence-corrected chi connectivity index (χ1v) is 5.10. The second-order valence-electron chi connectivity index (χ2n) is 3.59. The Kier molecular flexibility index (Phi) is 4.51. The molecule has 6 heteroatoms. The van der Waals surface area contributed by atoms with E-state index in [0.717, 1.165) is 0 Å². The van der Waals surface area contributed by atoms with Crippen LogP contribution < -0.4 is 10.6 Å². The lowest BCUT2D eigenvalue weighted by molar-refractivity contribution is -0.121. The van der Waals surface area contributed by atoms with E-state index in [9.17, 15) is 14.7 Å². The average molecular weight is 215 g/mol. The van der Waals surface area contributed by atoms with Crippen molar-refractivity contribution in [1.82, 2.24) is 15.5 Å². The predicted octanol–water partition coefficient (Wildman–Crippen LogP) is -1.10. The van der Waals surface area contributed by atoms with Gasteiger partial charge in [0.2, 0.25) is 5.91 Å². The van der Waals surface area contributed by atoms with E-state index in [4.69, 9.17) is 0 Å². The number of β-amino-alcohol motifs (C(OH)–C–C–N with tert-alkyl or cyclic N) is 1. The van der Waals surface area contributed by atoms with E-state index < -0.39 is 6.03 Å². The third-order valence-electron chi connectivity index (χ3n) is 2.20. The molecule has 1 aliphatic heterocycles. The summed E-state index contributed by atoms with van der Waals surface area (Å²) in [6, 6.07) is -0.470. The lowest BCUT2D eigenvalue weighted by atomic mass is 10.3. The number of carbonyl (C=O) groups is 2. The van der Waals surface area contributed by atoms with Gasteiger partial charge in [-0.05, 0) is 13.3 Å². The van der Waals surface area contributed by atoms with Crippen LogP contribution in [0.1, 0.15) is 13.3 Å². The molecule has 0 aromatic carbocycles. The Bertz CT molecular complexity index is 245. The molecule has 0 spiro atoms. The van der Waals surface area contributed by atoms with E-state index in [1.165, 1.54) is 0 Å². The van der Waals surface area contributed by atoms with Crippen LogP contribution in [0.15, 0.2) is 0 Å². The summed E-state index contributed by atoms with van der Waals surface area (Å²) >= 11 is 0. The standard InChI is InChI=1S/C9H17N3O3/c1-2-10-9(15)11-8(14)6-12-4-3-7(13)5-12/h7,13H,2-6H2,1H3,(H2,10,11,14,15). The average Bonchev–Trinajstić information content (AvgIpc) is 2.51. The van der Waals surface area contributed by atoms with Crippen LogP contribution in [0, 0.1) is 0 Å². The Hall–Kier alpha value is -1.14. The Morgan fingerprint density at radius 1 is 1.53 bits per heavy atom. The number of hydrogen-bond acceptors (Lipinski definition) is 4. The molecule has 3 amide bonds. The SMILES string of the molecule is CCNC(=O)NC(=O)CN1CCC(O)C1. The van der Waals surface area contributed by atoms with Crippen LogP contribution in [-0.2, 0) is 4.79 Å². The normalized spacial score (nSPS) is 21.3. The molecule has 86 valence electrons. The molecule has 15 heavy (non-hydrogen) atoms. The zero-order chi connectivity index (χ0) is 11.3. The van der Waals surface area contributed by atoms with Crippen LogP contribution in [0.25, 0.3) is 0 Å². The van der Waals surface area contributed by atoms with Gasteiger partial charge in [0.1, 0.15) is 0 Å². The second-order valence-corrected chi connectivity index (χ2v) is 3.59. The van der Waals surface area contributed by atoms with Crippen LogP contribution in [-0.4, -0.2) is 54.2 Å². The maximum absolute atomic E-state index is 11.3. The smallest absolute Gasteiger partial charge is 0.321 e. The fourth-order valence-corrected chi connectivity index (χ4v) is 1.53. The van der Waals surface area contributed by atoms with Gasteiger partial charge >= 0.3 is 6.03 Å². The highest BCUT2D eigenvalue weighted by Crippen LogP contribution is 2.07. The van der Waals surface area contributed by atoms with Gasteiger partial charge in [-0.25, -0.2) is 4.79 Å². The maximum atomic E-state index is 11.3. The molecular formula is C9H17N3O3. The number of aliphatic hydroxyl groups excluding tert-OH is 1. The fourth-order valence-electron chi connectivity index (χ4n) is 1.53. The van der Waals surface area contributed by atoms with Gasteiger partial charge < -0.3 is 10.4 Å². The van der Waals surface area contributed by atoms with Crippen molar-refractivity contribution in [2.45, 2.75) is 19.4 Å². The number of nitrogens with zero attached hydrogens (tertiary/aromatic N) is 1. The fraction of sp³-hybridized carbons (Fsp3) is 0.778. The largest absolute Gasteiger partial charge is 0.392 e. The molecule has 0 aromatic heterocycles. The monoisotopic (exact) mass is 215 g/mol. The van der Waals surface area contributed by atoms with Crippen molar-refractivity contribution in [2.24, 2.45) is 0 Å². The topological polar surface area (TPSA) is 81.7 Å². The molecule has 1 heterocycles. The molecule has 1 saturated heterocycles. The van der Waals surface area contributed by atoms with Crippen LogP contribution >= 0.6 is 0 Å². The molecule has 1 unspecified atom stereocenters. The quantitative estimate of drug-likeness (QED) is 0.558. The molecule has 0 aliphatic carbocycles. The minimum absolute atomic E-state index is 0.161. The minimum atomic E-state index is -0.470. The van der Waals surface area contributed by atoms with Gasteiger partial charge in [-0.15, -0.1) is 0 Å². The summed E-state index contributed by atoms with van der Waals surface area (Å²) in [5.41, 5.74) is 0. The highest BCUT2D eigenvalue weighted by Gasteiger charge is 2.22. The Balaban J connectivity index is 2.21. The highest BCUT2D eigenvalue weighted by atomic mass is 16.3. The van der Waals surface area contributed by atoms with Gasteiger partial charge in [0.25, 0.3) is 0 Å². The Labute approximate surface area is 88.6 Å². The third-order valence-corrected chi connectivity index (χ3v) is 2.20. The molecule has 0 radical (unpaired) electrons. The number of rotatable bonds is 3. The van der Waals surface area contributed by atoms with Gasteiger partial charge in [0.05, 0.1) is 12.6 Å². The van der Waals surface area contributed by atoms with Crippen LogP contribution in [0.3, 0.4) is 0 Å². The summed E-state index contributed by atoms with van der Waals surface area (Å²) in [7, 11) is 0. The zero-order valence-corrected chi connectivity index (χ0v) is 8.82. The first-order valence-electron chi connectivity index (χ1n) is 5.10. The summed E-state index contributed by atoms with van der Waals surface area (Å²) in [5, 5.41) is 13.9. The molecule has 0 saturated carbocycles. The van der Waals surface area contributed by atoms with Crippen molar-refractivity contribution in [3.63, 3.8) is 0 Å². The molecule has 0 aromatic rings. The second kappa shape index (κ2) is 5.67. The number of urea groups is 1. The number of carbonyl (C=O) groups excluding carboxylic acids is 2. The number of likely N-dealkylation sites (tertiary alicyclic amines) is 1. The van der Waals surface area contributed by atoms with E-state index in [0.29, 0.717) is 26.1 Å². The molecule has 0 bridgehead atoms. The number of aliphatic hydroxyl groups is 1. The number of nitrogens with one attached hydrogen (secondary N) is 2. The van der Waals surface area contributed by atoms with Crippen LogP contribution in [0.5, 0.6) is 0 Å². The summed E-state index contributed by atoms with van der Waals surface area (Å²) in [5.74, 6) is -0.338. The van der Waals surface area contributed by atoms with Gasteiger partial charge in [0.15, 0.2) is 0 Å². The van der Waals surface area contributed by atoms with Gasteiger partial charge in [-0.1, -0.05) is 0 Å². The molecule has 6 nitrogen and oxygen atoms in total. The van der Waals surface area contributed by atoms with Crippen molar-refractivity contribution in [1.29, 1.82) is 0 Å². The van der Waals surface area contributed by atoms with Crippen LogP contribution in [0.4, 0.5) is 4.79 Å². The lowest BCUT2D eigenvalue weighted by Gasteiger charge is -2.13. The maximum Gasteiger partial charge on any atom is 0.321 e. The van der Waals surface area contributed by atoms with Gasteiger partial charge in [-0.3, -0.25) is 15.0 Å². The zero-order valence-electron chi connectivity index (χ0n) is 8.82. The number of amides is 3. The van der Waals surface area contributed by atoms with Crippen LogP contribution in [0.2, 0.25) is 0 Å². The molecule has 1 aliphatic rings.